The smallest absolute Gasteiger partial charge is 0.354 e. The van der Waals surface area contributed by atoms with Gasteiger partial charge < -0.3 is 11.1 Å². The Bertz CT molecular complexity index is 410. The predicted octanol–water partition coefficient (Wildman–Crippen LogP) is 2.26. The molecule has 0 radical (unpaired) electrons. The van der Waals surface area contributed by atoms with E-state index in [2.05, 4.69) is 5.32 Å². The minimum Gasteiger partial charge on any atom is -0.354 e. The van der Waals surface area contributed by atoms with Gasteiger partial charge >= 0.3 is 6.18 Å². The maximum absolute atomic E-state index is 12.4. The van der Waals surface area contributed by atoms with Gasteiger partial charge in [0.2, 0.25) is 5.91 Å². The van der Waals surface area contributed by atoms with Crippen molar-refractivity contribution in [1.29, 1.82) is 0 Å². The van der Waals surface area contributed by atoms with E-state index in [9.17, 15) is 18.0 Å². The second kappa shape index (κ2) is 6.61. The summed E-state index contributed by atoms with van der Waals surface area (Å²) in [5, 5.41) is 2.46. The van der Waals surface area contributed by atoms with Crippen molar-refractivity contribution in [3.8, 4) is 0 Å². The Labute approximate surface area is 109 Å². The Morgan fingerprint density at radius 1 is 1.44 bits per heavy atom. The predicted molar refractivity (Wildman–Crippen MR) is 64.3 cm³/mol. The fourth-order valence-corrected chi connectivity index (χ4v) is 1.32. The number of hydrogen-bond donors (Lipinski definition) is 2. The van der Waals surface area contributed by atoms with Crippen LogP contribution in [0, 0.1) is 0 Å². The van der Waals surface area contributed by atoms with Crippen molar-refractivity contribution in [2.24, 2.45) is 5.73 Å². The molecular formula is C11H14ClF3N2O. The van der Waals surface area contributed by atoms with Crippen LogP contribution in [0.5, 0.6) is 0 Å². The summed E-state index contributed by atoms with van der Waals surface area (Å²) in [6.07, 6.45) is -4.39. The van der Waals surface area contributed by atoms with Crippen LogP contribution in [0.2, 0.25) is 0 Å². The quantitative estimate of drug-likeness (QED) is 0.893. The number of hydrogen-bond acceptors (Lipinski definition) is 2. The first kappa shape index (κ1) is 16.7. The molecule has 1 rings (SSSR count). The molecule has 1 atom stereocenters. The summed E-state index contributed by atoms with van der Waals surface area (Å²) in [6.45, 7) is 1.43. The van der Waals surface area contributed by atoms with E-state index in [0.29, 0.717) is 5.56 Å². The van der Waals surface area contributed by atoms with Gasteiger partial charge in [0.25, 0.3) is 0 Å². The van der Waals surface area contributed by atoms with Gasteiger partial charge in [-0.2, -0.15) is 13.2 Å². The Kier molecular flexibility index (Phi) is 6.14. The van der Waals surface area contributed by atoms with Crippen molar-refractivity contribution in [2.75, 3.05) is 6.54 Å². The van der Waals surface area contributed by atoms with Gasteiger partial charge in [-0.05, 0) is 17.7 Å². The highest BCUT2D eigenvalue weighted by Gasteiger charge is 2.30. The molecule has 1 aromatic carbocycles. The average molecular weight is 283 g/mol. The van der Waals surface area contributed by atoms with Gasteiger partial charge in [-0.15, -0.1) is 12.4 Å². The number of benzene rings is 1. The number of rotatable bonds is 3. The van der Waals surface area contributed by atoms with Gasteiger partial charge in [-0.3, -0.25) is 4.79 Å². The molecule has 1 aromatic rings. The maximum Gasteiger partial charge on any atom is 0.416 e. The van der Waals surface area contributed by atoms with Crippen molar-refractivity contribution in [2.45, 2.75) is 19.1 Å². The zero-order valence-electron chi connectivity index (χ0n) is 9.62. The zero-order valence-corrected chi connectivity index (χ0v) is 10.4. The zero-order chi connectivity index (χ0) is 13.1. The van der Waals surface area contributed by atoms with Gasteiger partial charge in [0.1, 0.15) is 0 Å². The van der Waals surface area contributed by atoms with Gasteiger partial charge in [-0.25, -0.2) is 0 Å². The van der Waals surface area contributed by atoms with Gasteiger partial charge in [0, 0.05) is 19.5 Å². The lowest BCUT2D eigenvalue weighted by molar-refractivity contribution is -0.137. The van der Waals surface area contributed by atoms with Gasteiger partial charge in [0.05, 0.1) is 5.56 Å². The van der Waals surface area contributed by atoms with E-state index in [0.717, 1.165) is 12.1 Å². The molecule has 0 bridgehead atoms. The number of carbonyl (C=O) groups excluding carboxylic acids is 1. The minimum atomic E-state index is -4.39. The topological polar surface area (TPSA) is 55.1 Å². The summed E-state index contributed by atoms with van der Waals surface area (Å²) < 4.78 is 37.3. The van der Waals surface area contributed by atoms with Gasteiger partial charge in [-0.1, -0.05) is 12.1 Å². The van der Waals surface area contributed by atoms with Crippen LogP contribution in [-0.4, -0.2) is 12.5 Å². The lowest BCUT2D eigenvalue weighted by atomic mass is 10.0. The van der Waals surface area contributed by atoms with E-state index >= 15 is 0 Å². The summed E-state index contributed by atoms with van der Waals surface area (Å²) in [5.74, 6) is -0.271. The molecule has 0 aliphatic heterocycles. The van der Waals surface area contributed by atoms with E-state index in [1.54, 1.807) is 0 Å². The fourth-order valence-electron chi connectivity index (χ4n) is 1.32. The third-order valence-corrected chi connectivity index (χ3v) is 2.21. The Hall–Kier alpha value is -1.27. The van der Waals surface area contributed by atoms with Crippen LogP contribution in [0.15, 0.2) is 24.3 Å². The molecule has 3 N–H and O–H groups in total. The monoisotopic (exact) mass is 282 g/mol. The number of nitrogens with two attached hydrogens (primary N) is 1. The minimum absolute atomic E-state index is 0. The Morgan fingerprint density at radius 2 is 2.06 bits per heavy atom. The molecule has 0 saturated carbocycles. The molecule has 7 heteroatoms. The van der Waals surface area contributed by atoms with E-state index in [4.69, 9.17) is 5.73 Å². The molecule has 18 heavy (non-hydrogen) atoms. The highest BCUT2D eigenvalue weighted by molar-refractivity contribution is 5.85. The van der Waals surface area contributed by atoms with Crippen LogP contribution < -0.4 is 11.1 Å². The Morgan fingerprint density at radius 3 is 2.56 bits per heavy atom. The van der Waals surface area contributed by atoms with E-state index in [-0.39, 0.29) is 24.9 Å². The maximum atomic E-state index is 12.4. The van der Waals surface area contributed by atoms with Crippen LogP contribution >= 0.6 is 12.4 Å². The molecular weight excluding hydrogens is 269 g/mol. The average Bonchev–Trinajstić information content (AvgIpc) is 2.25. The van der Waals surface area contributed by atoms with Crippen molar-refractivity contribution in [1.82, 2.24) is 5.32 Å². The normalized spacial score (nSPS) is 12.5. The summed E-state index contributed by atoms with van der Waals surface area (Å²) in [7, 11) is 0. The van der Waals surface area contributed by atoms with Crippen LogP contribution in [0.3, 0.4) is 0 Å². The second-order valence-electron chi connectivity index (χ2n) is 3.67. The van der Waals surface area contributed by atoms with E-state index < -0.39 is 17.8 Å². The van der Waals surface area contributed by atoms with Gasteiger partial charge in [0.15, 0.2) is 0 Å². The molecule has 102 valence electrons. The molecule has 0 heterocycles. The lowest BCUT2D eigenvalue weighted by Crippen LogP contribution is -2.30. The largest absolute Gasteiger partial charge is 0.416 e. The molecule has 1 amide bonds. The summed E-state index contributed by atoms with van der Waals surface area (Å²) in [4.78, 5) is 10.7. The van der Waals surface area contributed by atoms with Crippen LogP contribution in [0.1, 0.15) is 24.1 Å². The first-order valence-corrected chi connectivity index (χ1v) is 4.98. The molecule has 0 aromatic heterocycles. The molecule has 1 unspecified atom stereocenters. The first-order valence-electron chi connectivity index (χ1n) is 4.98. The molecule has 0 aliphatic rings. The SMILES string of the molecule is CC(=O)NCC(N)c1cccc(C(F)(F)F)c1.Cl. The number of carbonyl (C=O) groups is 1. The lowest BCUT2D eigenvalue weighted by Gasteiger charge is -2.14. The van der Waals surface area contributed by atoms with Crippen LogP contribution in [0.4, 0.5) is 13.2 Å². The number of alkyl halides is 3. The third-order valence-electron chi connectivity index (χ3n) is 2.21. The van der Waals surface area contributed by atoms with Crippen molar-refractivity contribution < 1.29 is 18.0 Å². The molecule has 0 spiro atoms. The summed E-state index contributed by atoms with van der Waals surface area (Å²) >= 11 is 0. The standard InChI is InChI=1S/C11H13F3N2O.ClH/c1-7(17)16-6-10(15)8-3-2-4-9(5-8)11(12,13)14;/h2-5,10H,6,15H2,1H3,(H,16,17);1H. The number of halogens is 4. The van der Waals surface area contributed by atoms with E-state index in [1.165, 1.54) is 19.1 Å². The van der Waals surface area contributed by atoms with Crippen LogP contribution in [0.25, 0.3) is 0 Å². The summed E-state index contributed by atoms with van der Waals surface area (Å²) in [6, 6.07) is 4.12. The molecule has 0 aliphatic carbocycles. The van der Waals surface area contributed by atoms with Crippen molar-refractivity contribution in [3.63, 3.8) is 0 Å². The van der Waals surface area contributed by atoms with Crippen LogP contribution in [-0.2, 0) is 11.0 Å². The summed E-state index contributed by atoms with van der Waals surface area (Å²) in [5.41, 5.74) is 5.27. The Balaban J connectivity index is 0.00000289. The van der Waals surface area contributed by atoms with Crippen molar-refractivity contribution in [3.05, 3.63) is 35.4 Å². The third kappa shape index (κ3) is 4.93. The number of amides is 1. The highest BCUT2D eigenvalue weighted by Crippen LogP contribution is 2.30. The molecule has 0 saturated heterocycles. The number of nitrogens with one attached hydrogen (secondary N) is 1. The van der Waals surface area contributed by atoms with Crippen molar-refractivity contribution >= 4 is 18.3 Å². The first-order chi connectivity index (χ1) is 7.80. The highest BCUT2D eigenvalue weighted by atomic mass is 35.5. The molecule has 0 fully saturated rings. The van der Waals surface area contributed by atoms with E-state index in [1.807, 2.05) is 0 Å². The fraction of sp³-hybridized carbons (Fsp3) is 0.364. The second-order valence-corrected chi connectivity index (χ2v) is 3.67. The molecule has 3 nitrogen and oxygen atoms in total.